The molecule has 19 heavy (non-hydrogen) atoms. The summed E-state index contributed by atoms with van der Waals surface area (Å²) in [6.45, 7) is 1.68. The first-order valence-corrected chi connectivity index (χ1v) is 7.45. The van der Waals surface area contributed by atoms with Gasteiger partial charge in [-0.25, -0.2) is 4.39 Å². The highest BCUT2D eigenvalue weighted by molar-refractivity contribution is 6.34. The molecule has 3 aliphatic rings. The minimum absolute atomic E-state index is 0.152. The van der Waals surface area contributed by atoms with Crippen molar-refractivity contribution in [2.75, 3.05) is 0 Å². The van der Waals surface area contributed by atoms with Gasteiger partial charge in [-0.3, -0.25) is 4.79 Å². The predicted octanol–water partition coefficient (Wildman–Crippen LogP) is 4.26. The maximum atomic E-state index is 13.4. The molecule has 100 valence electrons. The van der Waals surface area contributed by atoms with Crippen molar-refractivity contribution in [1.82, 2.24) is 0 Å². The van der Waals surface area contributed by atoms with Crippen LogP contribution in [0.5, 0.6) is 0 Å². The summed E-state index contributed by atoms with van der Waals surface area (Å²) in [7, 11) is 0. The summed E-state index contributed by atoms with van der Waals surface area (Å²) in [6, 6.07) is 2.90. The van der Waals surface area contributed by atoms with Gasteiger partial charge in [-0.05, 0) is 67.6 Å². The van der Waals surface area contributed by atoms with Gasteiger partial charge in [-0.2, -0.15) is 0 Å². The van der Waals surface area contributed by atoms with E-state index in [0.717, 1.165) is 11.8 Å². The normalized spacial score (nSPS) is 38.4. The van der Waals surface area contributed by atoms with Gasteiger partial charge in [-0.1, -0.05) is 11.6 Å². The molecular weight excluding hydrogens is 263 g/mol. The predicted molar refractivity (Wildman–Crippen MR) is 71.8 cm³/mol. The van der Waals surface area contributed by atoms with Crippen LogP contribution in [0, 0.1) is 42.3 Å². The van der Waals surface area contributed by atoms with Gasteiger partial charge < -0.3 is 0 Å². The monoisotopic (exact) mass is 278 g/mol. The molecule has 4 atom stereocenters. The molecule has 1 aromatic rings. The Morgan fingerprint density at radius 3 is 2.53 bits per heavy atom. The molecule has 0 aliphatic heterocycles. The quantitative estimate of drug-likeness (QED) is 0.739. The first kappa shape index (κ1) is 11.9. The van der Waals surface area contributed by atoms with Gasteiger partial charge >= 0.3 is 0 Å². The maximum absolute atomic E-state index is 13.4. The highest BCUT2D eigenvalue weighted by atomic mass is 35.5. The van der Waals surface area contributed by atoms with Gasteiger partial charge in [0.05, 0.1) is 5.02 Å². The number of halogens is 2. The summed E-state index contributed by atoms with van der Waals surface area (Å²) in [5, 5.41) is 0.269. The zero-order valence-corrected chi connectivity index (χ0v) is 11.6. The minimum Gasteiger partial charge on any atom is -0.294 e. The third-order valence-electron chi connectivity index (χ3n) is 5.55. The summed E-state index contributed by atoms with van der Waals surface area (Å²) in [6.07, 6.45) is 3.92. The first-order valence-electron chi connectivity index (χ1n) is 7.08. The fourth-order valence-electron chi connectivity index (χ4n) is 4.70. The molecule has 3 saturated carbocycles. The van der Waals surface area contributed by atoms with Crippen LogP contribution in [0.2, 0.25) is 5.02 Å². The average molecular weight is 279 g/mol. The number of hydrogen-bond acceptors (Lipinski definition) is 1. The second-order valence-electron chi connectivity index (χ2n) is 6.46. The third-order valence-corrected chi connectivity index (χ3v) is 5.86. The highest BCUT2D eigenvalue weighted by Gasteiger charge is 2.67. The Hall–Kier alpha value is -0.890. The lowest BCUT2D eigenvalue weighted by Crippen LogP contribution is -2.11. The number of hydrogen-bond donors (Lipinski definition) is 0. The smallest absolute Gasteiger partial charge is 0.168 e. The van der Waals surface area contributed by atoms with E-state index in [2.05, 4.69) is 0 Å². The first-order chi connectivity index (χ1) is 9.08. The largest absolute Gasteiger partial charge is 0.294 e. The van der Waals surface area contributed by atoms with Crippen molar-refractivity contribution in [1.29, 1.82) is 0 Å². The van der Waals surface area contributed by atoms with Gasteiger partial charge in [0, 0.05) is 11.5 Å². The number of rotatable bonds is 2. The van der Waals surface area contributed by atoms with Crippen LogP contribution >= 0.6 is 11.6 Å². The van der Waals surface area contributed by atoms with E-state index in [1.807, 2.05) is 0 Å². The molecule has 0 spiro atoms. The molecule has 4 unspecified atom stereocenters. The highest BCUT2D eigenvalue weighted by Crippen LogP contribution is 2.70. The lowest BCUT2D eigenvalue weighted by atomic mass is 9.95. The van der Waals surface area contributed by atoms with Crippen molar-refractivity contribution >= 4 is 17.4 Å². The molecule has 0 saturated heterocycles. The molecule has 4 rings (SSSR count). The summed E-state index contributed by atoms with van der Waals surface area (Å²) >= 11 is 6.05. The number of aryl methyl sites for hydroxylation is 1. The van der Waals surface area contributed by atoms with Crippen molar-refractivity contribution in [2.24, 2.45) is 29.6 Å². The van der Waals surface area contributed by atoms with Crippen molar-refractivity contribution in [3.05, 3.63) is 34.1 Å². The Bertz CT molecular complexity index is 566. The standard InChI is InChI=1S/C16H16ClFO/c1-7-4-10(11(17)6-12(7)18)16(19)15-13-8-2-3-9(5-8)14(13)15/h4,6,8-9,13-15H,2-3,5H2,1H3. The van der Waals surface area contributed by atoms with Crippen LogP contribution in [0.4, 0.5) is 4.39 Å². The van der Waals surface area contributed by atoms with E-state index in [1.54, 1.807) is 13.0 Å². The van der Waals surface area contributed by atoms with E-state index in [-0.39, 0.29) is 22.5 Å². The summed E-state index contributed by atoms with van der Waals surface area (Å²) < 4.78 is 13.4. The summed E-state index contributed by atoms with van der Waals surface area (Å²) in [5.41, 5.74) is 1.03. The summed E-state index contributed by atoms with van der Waals surface area (Å²) in [5.74, 6) is 2.74. The van der Waals surface area contributed by atoms with Gasteiger partial charge in [0.25, 0.3) is 0 Å². The van der Waals surface area contributed by atoms with Crippen molar-refractivity contribution in [3.63, 3.8) is 0 Å². The van der Waals surface area contributed by atoms with Gasteiger partial charge in [0.1, 0.15) is 5.82 Å². The fourth-order valence-corrected chi connectivity index (χ4v) is 4.94. The minimum atomic E-state index is -0.336. The van der Waals surface area contributed by atoms with Crippen LogP contribution in [-0.2, 0) is 0 Å². The Kier molecular flexibility index (Phi) is 2.39. The lowest BCUT2D eigenvalue weighted by molar-refractivity contribution is 0.0944. The van der Waals surface area contributed by atoms with Gasteiger partial charge in [0.2, 0.25) is 0 Å². The number of fused-ring (bicyclic) bond motifs is 5. The third kappa shape index (κ3) is 1.56. The molecular formula is C16H16ClFO. The Labute approximate surface area is 117 Å². The molecule has 0 N–H and O–H groups in total. The van der Waals surface area contributed by atoms with Crippen molar-refractivity contribution in [3.8, 4) is 0 Å². The molecule has 2 bridgehead atoms. The molecule has 0 aromatic heterocycles. The second-order valence-corrected chi connectivity index (χ2v) is 6.87. The van der Waals surface area contributed by atoms with E-state index in [9.17, 15) is 9.18 Å². The summed E-state index contributed by atoms with van der Waals surface area (Å²) in [4.78, 5) is 12.6. The van der Waals surface area contributed by atoms with E-state index < -0.39 is 0 Å². The molecule has 3 heteroatoms. The second kappa shape index (κ2) is 3.82. The molecule has 0 amide bonds. The zero-order chi connectivity index (χ0) is 13.3. The molecule has 1 nitrogen and oxygen atoms in total. The van der Waals surface area contributed by atoms with Gasteiger partial charge in [0.15, 0.2) is 5.78 Å². The van der Waals surface area contributed by atoms with E-state index in [0.29, 0.717) is 23.0 Å². The van der Waals surface area contributed by atoms with E-state index in [1.165, 1.54) is 25.3 Å². The number of Topliss-reactive ketones (excluding diaryl/α,β-unsaturated/α-hetero) is 1. The van der Waals surface area contributed by atoms with Crippen LogP contribution in [0.15, 0.2) is 12.1 Å². The lowest BCUT2D eigenvalue weighted by Gasteiger charge is -2.10. The van der Waals surface area contributed by atoms with Crippen LogP contribution < -0.4 is 0 Å². The van der Waals surface area contributed by atoms with Gasteiger partial charge in [-0.15, -0.1) is 0 Å². The zero-order valence-electron chi connectivity index (χ0n) is 10.8. The van der Waals surface area contributed by atoms with Crippen LogP contribution in [0.1, 0.15) is 35.2 Å². The molecule has 3 fully saturated rings. The molecule has 1 aromatic carbocycles. The number of ketones is 1. The molecule has 3 aliphatic carbocycles. The van der Waals surface area contributed by atoms with Crippen LogP contribution in [0.25, 0.3) is 0 Å². The molecule has 0 radical (unpaired) electrons. The number of carbonyl (C=O) groups excluding carboxylic acids is 1. The molecule has 0 heterocycles. The number of carbonyl (C=O) groups is 1. The Morgan fingerprint density at radius 1 is 1.26 bits per heavy atom. The van der Waals surface area contributed by atoms with Crippen molar-refractivity contribution < 1.29 is 9.18 Å². The van der Waals surface area contributed by atoms with Crippen molar-refractivity contribution in [2.45, 2.75) is 26.2 Å². The van der Waals surface area contributed by atoms with Crippen LogP contribution in [0.3, 0.4) is 0 Å². The average Bonchev–Trinajstić information content (AvgIpc) is 2.81. The van der Waals surface area contributed by atoms with E-state index in [4.69, 9.17) is 11.6 Å². The Balaban J connectivity index is 1.64. The Morgan fingerprint density at radius 2 is 1.89 bits per heavy atom. The van der Waals surface area contributed by atoms with E-state index >= 15 is 0 Å². The number of benzene rings is 1. The fraction of sp³-hybridized carbons (Fsp3) is 0.562. The maximum Gasteiger partial charge on any atom is 0.168 e. The SMILES string of the molecule is Cc1cc(C(=O)C2C3C4CCC(C4)C23)c(Cl)cc1F. The topological polar surface area (TPSA) is 17.1 Å². The van der Waals surface area contributed by atoms with Crippen LogP contribution in [-0.4, -0.2) is 5.78 Å².